The molecular formula is C15H11BrF2N2O. The van der Waals surface area contributed by atoms with Crippen LogP contribution in [0.4, 0.5) is 8.78 Å². The Bertz CT molecular complexity index is 817. The summed E-state index contributed by atoms with van der Waals surface area (Å²) in [7, 11) is 0. The number of halogens is 3. The van der Waals surface area contributed by atoms with Crippen LogP contribution in [0.3, 0.4) is 0 Å². The van der Waals surface area contributed by atoms with Gasteiger partial charge in [0, 0.05) is 28.9 Å². The van der Waals surface area contributed by atoms with Crippen molar-refractivity contribution in [1.29, 1.82) is 0 Å². The summed E-state index contributed by atoms with van der Waals surface area (Å²) >= 11 is 3.06. The number of nitrogens with zero attached hydrogens (tertiary/aromatic N) is 2. The largest absolute Gasteiger partial charge is 0.392 e. The molecule has 0 spiro atoms. The molecule has 0 aliphatic carbocycles. The van der Waals surface area contributed by atoms with Gasteiger partial charge in [-0.25, -0.2) is 13.8 Å². The van der Waals surface area contributed by atoms with Crippen LogP contribution in [0.2, 0.25) is 0 Å². The number of hydrogen-bond acceptors (Lipinski definition) is 2. The second kappa shape index (κ2) is 5.54. The molecule has 0 aliphatic heterocycles. The molecule has 3 rings (SSSR count). The van der Waals surface area contributed by atoms with Crippen LogP contribution in [0, 0.1) is 11.6 Å². The third-order valence-corrected chi connectivity index (χ3v) is 3.97. The number of aromatic nitrogens is 2. The van der Waals surface area contributed by atoms with E-state index < -0.39 is 11.6 Å². The second-order valence-electron chi connectivity index (χ2n) is 4.64. The number of pyridine rings is 1. The molecule has 21 heavy (non-hydrogen) atoms. The minimum atomic E-state index is -0.627. The Balaban J connectivity index is 2.13. The van der Waals surface area contributed by atoms with Crippen LogP contribution in [0.5, 0.6) is 0 Å². The monoisotopic (exact) mass is 352 g/mol. The first-order valence-electron chi connectivity index (χ1n) is 6.27. The van der Waals surface area contributed by atoms with Gasteiger partial charge in [0.1, 0.15) is 17.3 Å². The fourth-order valence-corrected chi connectivity index (χ4v) is 2.70. The molecule has 0 saturated carbocycles. The third kappa shape index (κ3) is 2.45. The molecule has 1 aromatic carbocycles. The lowest BCUT2D eigenvalue weighted by molar-refractivity contribution is 0.283. The van der Waals surface area contributed by atoms with Gasteiger partial charge >= 0.3 is 0 Å². The summed E-state index contributed by atoms with van der Waals surface area (Å²) in [6.45, 7) is -0.150. The van der Waals surface area contributed by atoms with Crippen LogP contribution in [0.15, 0.2) is 41.1 Å². The normalized spacial score (nSPS) is 11.2. The van der Waals surface area contributed by atoms with Crippen LogP contribution in [-0.2, 0) is 13.2 Å². The van der Waals surface area contributed by atoms with E-state index in [1.54, 1.807) is 23.0 Å². The van der Waals surface area contributed by atoms with Crippen LogP contribution < -0.4 is 0 Å². The van der Waals surface area contributed by atoms with Gasteiger partial charge in [0.2, 0.25) is 0 Å². The lowest BCUT2D eigenvalue weighted by Gasteiger charge is -2.08. The molecule has 0 fully saturated rings. The van der Waals surface area contributed by atoms with Crippen molar-refractivity contribution < 1.29 is 13.9 Å². The Morgan fingerprint density at radius 1 is 1.24 bits per heavy atom. The predicted molar refractivity (Wildman–Crippen MR) is 78.8 cm³/mol. The number of benzene rings is 1. The highest BCUT2D eigenvalue weighted by Crippen LogP contribution is 2.25. The highest BCUT2D eigenvalue weighted by molar-refractivity contribution is 9.10. The summed E-state index contributed by atoms with van der Waals surface area (Å²) in [5, 5.41) is 10.1. The summed E-state index contributed by atoms with van der Waals surface area (Å²) in [5.41, 5.74) is 1.21. The minimum Gasteiger partial charge on any atom is -0.392 e. The molecule has 0 aliphatic rings. The Morgan fingerprint density at radius 3 is 2.81 bits per heavy atom. The highest BCUT2D eigenvalue weighted by Gasteiger charge is 2.15. The zero-order valence-electron chi connectivity index (χ0n) is 10.9. The first kappa shape index (κ1) is 14.2. The van der Waals surface area contributed by atoms with Gasteiger partial charge < -0.3 is 9.67 Å². The molecule has 108 valence electrons. The molecule has 0 unspecified atom stereocenters. The van der Waals surface area contributed by atoms with E-state index in [4.69, 9.17) is 0 Å². The molecule has 0 saturated heterocycles. The fraction of sp³-hybridized carbons (Fsp3) is 0.133. The van der Waals surface area contributed by atoms with Gasteiger partial charge in [-0.1, -0.05) is 0 Å². The van der Waals surface area contributed by atoms with E-state index in [0.717, 1.165) is 5.39 Å². The quantitative estimate of drug-likeness (QED) is 0.731. The van der Waals surface area contributed by atoms with Crippen molar-refractivity contribution in [1.82, 2.24) is 9.55 Å². The number of aliphatic hydroxyl groups is 1. The van der Waals surface area contributed by atoms with Crippen molar-refractivity contribution >= 4 is 27.0 Å². The average Bonchev–Trinajstić information content (AvgIpc) is 2.86. The Labute approximate surface area is 128 Å². The van der Waals surface area contributed by atoms with Gasteiger partial charge in [-0.3, -0.25) is 0 Å². The maximum absolute atomic E-state index is 14.1. The van der Waals surface area contributed by atoms with Gasteiger partial charge in [-0.15, -0.1) is 0 Å². The molecular weight excluding hydrogens is 342 g/mol. The van der Waals surface area contributed by atoms with Crippen LogP contribution in [0.1, 0.15) is 11.1 Å². The van der Waals surface area contributed by atoms with E-state index in [2.05, 4.69) is 20.9 Å². The highest BCUT2D eigenvalue weighted by atomic mass is 79.9. The maximum atomic E-state index is 14.1. The number of fused-ring (bicyclic) bond motifs is 1. The van der Waals surface area contributed by atoms with Gasteiger partial charge in [-0.05, 0) is 40.2 Å². The summed E-state index contributed by atoms with van der Waals surface area (Å²) in [6, 6.07) is 6.12. The summed E-state index contributed by atoms with van der Waals surface area (Å²) in [5.74, 6) is -1.24. The summed E-state index contributed by atoms with van der Waals surface area (Å²) in [4.78, 5) is 4.22. The summed E-state index contributed by atoms with van der Waals surface area (Å²) < 4.78 is 29.8. The average molecular weight is 353 g/mol. The van der Waals surface area contributed by atoms with Gasteiger partial charge in [0.15, 0.2) is 0 Å². The van der Waals surface area contributed by atoms with Crippen LogP contribution in [0.25, 0.3) is 11.0 Å². The second-order valence-corrected chi connectivity index (χ2v) is 5.49. The van der Waals surface area contributed by atoms with E-state index >= 15 is 0 Å². The minimum absolute atomic E-state index is 0.00458. The molecule has 0 atom stereocenters. The maximum Gasteiger partial charge on any atom is 0.145 e. The lowest BCUT2D eigenvalue weighted by atomic mass is 10.2. The van der Waals surface area contributed by atoms with Crippen LogP contribution >= 0.6 is 15.9 Å². The third-order valence-electron chi connectivity index (χ3n) is 3.35. The molecule has 0 amide bonds. The molecule has 6 heteroatoms. The fourth-order valence-electron chi connectivity index (χ4n) is 2.33. The number of aliphatic hydroxyl groups excluding tert-OH is 1. The number of rotatable bonds is 3. The zero-order valence-corrected chi connectivity index (χ0v) is 12.4. The zero-order chi connectivity index (χ0) is 15.0. The standard InChI is InChI=1S/C15H11BrF2N2O/c16-12-3-4-13(17)11(14(12)18)7-20-6-9(8-21)10-2-1-5-19-15(10)20/h1-6,21H,7-8H2. The van der Waals surface area contributed by atoms with Gasteiger partial charge in [0.05, 0.1) is 17.6 Å². The molecule has 3 aromatic rings. The van der Waals surface area contributed by atoms with E-state index in [9.17, 15) is 13.9 Å². The van der Waals surface area contributed by atoms with Gasteiger partial charge in [0.25, 0.3) is 0 Å². The summed E-state index contributed by atoms with van der Waals surface area (Å²) in [6.07, 6.45) is 3.27. The van der Waals surface area contributed by atoms with E-state index in [1.807, 2.05) is 6.07 Å². The smallest absolute Gasteiger partial charge is 0.145 e. The van der Waals surface area contributed by atoms with Crippen molar-refractivity contribution in [3.63, 3.8) is 0 Å². The molecule has 2 heterocycles. The Morgan fingerprint density at radius 2 is 2.05 bits per heavy atom. The van der Waals surface area contributed by atoms with Crippen molar-refractivity contribution in [2.45, 2.75) is 13.2 Å². The van der Waals surface area contributed by atoms with Crippen molar-refractivity contribution in [2.75, 3.05) is 0 Å². The number of hydrogen-bond donors (Lipinski definition) is 1. The van der Waals surface area contributed by atoms with E-state index in [1.165, 1.54) is 12.1 Å². The van der Waals surface area contributed by atoms with Crippen molar-refractivity contribution in [3.05, 3.63) is 63.9 Å². The molecule has 0 radical (unpaired) electrons. The Kier molecular flexibility index (Phi) is 3.73. The predicted octanol–water partition coefficient (Wildman–Crippen LogP) is 3.62. The first-order chi connectivity index (χ1) is 10.1. The van der Waals surface area contributed by atoms with Gasteiger partial charge in [-0.2, -0.15) is 0 Å². The molecule has 0 bridgehead atoms. The Hall–Kier alpha value is -1.79. The lowest BCUT2D eigenvalue weighted by Crippen LogP contribution is -2.05. The molecule has 2 aromatic heterocycles. The van der Waals surface area contributed by atoms with Crippen molar-refractivity contribution in [2.24, 2.45) is 0 Å². The van der Waals surface area contributed by atoms with Crippen molar-refractivity contribution in [3.8, 4) is 0 Å². The molecule has 1 N–H and O–H groups in total. The topological polar surface area (TPSA) is 38.0 Å². The van der Waals surface area contributed by atoms with Crippen LogP contribution in [-0.4, -0.2) is 14.7 Å². The van der Waals surface area contributed by atoms with E-state index in [-0.39, 0.29) is 23.2 Å². The molecule has 3 nitrogen and oxygen atoms in total. The first-order valence-corrected chi connectivity index (χ1v) is 7.07. The SMILES string of the molecule is OCc1cn(Cc2c(F)ccc(Br)c2F)c2ncccc12. The van der Waals surface area contributed by atoms with E-state index in [0.29, 0.717) is 11.2 Å².